The molecule has 3 nitrogen and oxygen atoms in total. The van der Waals surface area contributed by atoms with Gasteiger partial charge in [-0.2, -0.15) is 0 Å². The second-order valence-electron chi connectivity index (χ2n) is 5.29. The fourth-order valence-electron chi connectivity index (χ4n) is 2.41. The number of aromatic nitrogens is 1. The molecule has 0 saturated heterocycles. The third-order valence-corrected chi connectivity index (χ3v) is 4.60. The first kappa shape index (κ1) is 16.0. The predicted octanol–water partition coefficient (Wildman–Crippen LogP) is 4.92. The van der Waals surface area contributed by atoms with Crippen molar-refractivity contribution in [3.8, 4) is 0 Å². The van der Waals surface area contributed by atoms with Crippen LogP contribution in [0.5, 0.6) is 0 Å². The number of hydrogen-bond acceptors (Lipinski definition) is 2. The molecule has 0 aliphatic rings. The van der Waals surface area contributed by atoms with Gasteiger partial charge in [0.1, 0.15) is 5.15 Å². The van der Waals surface area contributed by atoms with Gasteiger partial charge in [0.15, 0.2) is 0 Å². The molecule has 0 atom stereocenters. The number of hydrogen-bond donors (Lipinski definition) is 0. The maximum Gasteiger partial charge on any atom is 0.253 e. The van der Waals surface area contributed by atoms with Crippen molar-refractivity contribution in [2.75, 3.05) is 7.05 Å². The summed E-state index contributed by atoms with van der Waals surface area (Å²) in [6.45, 7) is 0.539. The van der Waals surface area contributed by atoms with Crippen LogP contribution in [0.25, 0.3) is 10.9 Å². The van der Waals surface area contributed by atoms with Gasteiger partial charge in [0.25, 0.3) is 5.91 Å². The van der Waals surface area contributed by atoms with E-state index >= 15 is 0 Å². The van der Waals surface area contributed by atoms with E-state index in [2.05, 4.69) is 20.9 Å². The smallest absolute Gasteiger partial charge is 0.253 e. The highest BCUT2D eigenvalue weighted by Crippen LogP contribution is 2.20. The first-order valence-electron chi connectivity index (χ1n) is 7.10. The minimum atomic E-state index is -0.0300. The van der Waals surface area contributed by atoms with E-state index in [0.717, 1.165) is 20.9 Å². The molecule has 1 amide bonds. The van der Waals surface area contributed by atoms with Gasteiger partial charge in [0.05, 0.1) is 5.52 Å². The molecule has 0 fully saturated rings. The topological polar surface area (TPSA) is 33.2 Å². The summed E-state index contributed by atoms with van der Waals surface area (Å²) in [4.78, 5) is 18.6. The summed E-state index contributed by atoms with van der Waals surface area (Å²) < 4.78 is 0.997. The summed E-state index contributed by atoms with van der Waals surface area (Å²) in [6, 6.07) is 16.9. The normalized spacial score (nSPS) is 10.7. The number of nitrogens with zero attached hydrogens (tertiary/aromatic N) is 2. The van der Waals surface area contributed by atoms with E-state index in [0.29, 0.717) is 17.3 Å². The molecule has 3 rings (SSSR count). The monoisotopic (exact) mass is 388 g/mol. The molecule has 0 radical (unpaired) electrons. The number of fused-ring (bicyclic) bond motifs is 1. The van der Waals surface area contributed by atoms with E-state index in [-0.39, 0.29) is 5.91 Å². The zero-order chi connectivity index (χ0) is 16.4. The van der Waals surface area contributed by atoms with E-state index in [4.69, 9.17) is 11.6 Å². The molecule has 5 heteroatoms. The largest absolute Gasteiger partial charge is 0.337 e. The Morgan fingerprint density at radius 2 is 1.96 bits per heavy atom. The average molecular weight is 390 g/mol. The molecule has 3 aromatic rings. The zero-order valence-electron chi connectivity index (χ0n) is 12.5. The van der Waals surface area contributed by atoms with Crippen molar-refractivity contribution in [2.45, 2.75) is 6.54 Å². The van der Waals surface area contributed by atoms with Crippen molar-refractivity contribution in [1.29, 1.82) is 0 Å². The van der Waals surface area contributed by atoms with Gasteiger partial charge in [-0.1, -0.05) is 45.7 Å². The Labute approximate surface area is 148 Å². The van der Waals surface area contributed by atoms with Gasteiger partial charge < -0.3 is 4.90 Å². The van der Waals surface area contributed by atoms with Crippen molar-refractivity contribution < 1.29 is 4.79 Å². The highest BCUT2D eigenvalue weighted by Gasteiger charge is 2.14. The molecule has 0 bridgehead atoms. The van der Waals surface area contributed by atoms with Crippen LogP contribution >= 0.6 is 27.5 Å². The number of benzene rings is 2. The third-order valence-electron chi connectivity index (χ3n) is 3.61. The second kappa shape index (κ2) is 6.69. The second-order valence-corrected chi connectivity index (χ2v) is 6.54. The lowest BCUT2D eigenvalue weighted by atomic mass is 10.1. The van der Waals surface area contributed by atoms with Gasteiger partial charge in [0, 0.05) is 29.0 Å². The Morgan fingerprint density at radius 1 is 1.17 bits per heavy atom. The Kier molecular flexibility index (Phi) is 4.64. The minimum absolute atomic E-state index is 0.0300. The first-order chi connectivity index (χ1) is 11.0. The van der Waals surface area contributed by atoms with Crippen LogP contribution in [0.4, 0.5) is 0 Å². The SMILES string of the molecule is CN(Cc1ccccc1Br)C(=O)c1ccc2nc(Cl)ccc2c1. The van der Waals surface area contributed by atoms with Crippen molar-refractivity contribution in [1.82, 2.24) is 9.88 Å². The lowest BCUT2D eigenvalue weighted by molar-refractivity contribution is 0.0785. The van der Waals surface area contributed by atoms with E-state index in [1.54, 1.807) is 24.1 Å². The maximum absolute atomic E-state index is 12.6. The highest BCUT2D eigenvalue weighted by molar-refractivity contribution is 9.10. The van der Waals surface area contributed by atoms with E-state index in [9.17, 15) is 4.79 Å². The molecule has 0 aliphatic heterocycles. The molecule has 0 spiro atoms. The molecule has 1 aromatic heterocycles. The van der Waals surface area contributed by atoms with Crippen LogP contribution in [0.15, 0.2) is 59.1 Å². The molecular weight excluding hydrogens is 376 g/mol. The summed E-state index contributed by atoms with van der Waals surface area (Å²) in [7, 11) is 1.80. The number of carbonyl (C=O) groups is 1. The van der Waals surface area contributed by atoms with Crippen LogP contribution in [0.2, 0.25) is 5.15 Å². The van der Waals surface area contributed by atoms with Crippen LogP contribution in [0.3, 0.4) is 0 Å². The van der Waals surface area contributed by atoms with E-state index in [1.165, 1.54) is 0 Å². The number of halogens is 2. The highest BCUT2D eigenvalue weighted by atomic mass is 79.9. The Bertz CT molecular complexity index is 882. The lowest BCUT2D eigenvalue weighted by Crippen LogP contribution is -2.26. The van der Waals surface area contributed by atoms with Crippen molar-refractivity contribution in [2.24, 2.45) is 0 Å². The third kappa shape index (κ3) is 3.54. The standard InChI is InChI=1S/C18H14BrClN2O/c1-22(11-14-4-2-3-5-15(14)19)18(23)13-6-8-16-12(10-13)7-9-17(20)21-16/h2-10H,11H2,1H3. The van der Waals surface area contributed by atoms with Gasteiger partial charge >= 0.3 is 0 Å². The summed E-state index contributed by atoms with van der Waals surface area (Å²) in [5, 5.41) is 1.34. The van der Waals surface area contributed by atoms with Crippen LogP contribution in [-0.4, -0.2) is 22.8 Å². The number of carbonyl (C=O) groups excluding carboxylic acids is 1. The van der Waals surface area contributed by atoms with Gasteiger partial charge in [-0.3, -0.25) is 4.79 Å². The molecule has 0 saturated carbocycles. The first-order valence-corrected chi connectivity index (χ1v) is 8.27. The van der Waals surface area contributed by atoms with Gasteiger partial charge in [0.2, 0.25) is 0 Å². The van der Waals surface area contributed by atoms with Gasteiger partial charge in [-0.15, -0.1) is 0 Å². The lowest BCUT2D eigenvalue weighted by Gasteiger charge is -2.18. The van der Waals surface area contributed by atoms with Crippen molar-refractivity contribution in [3.63, 3.8) is 0 Å². The molecule has 116 valence electrons. The predicted molar refractivity (Wildman–Crippen MR) is 96.7 cm³/mol. The Hall–Kier alpha value is -1.91. The Morgan fingerprint density at radius 3 is 2.74 bits per heavy atom. The fraction of sp³-hybridized carbons (Fsp3) is 0.111. The maximum atomic E-state index is 12.6. The quantitative estimate of drug-likeness (QED) is 0.596. The molecule has 23 heavy (non-hydrogen) atoms. The van der Waals surface area contributed by atoms with E-state index in [1.807, 2.05) is 42.5 Å². The summed E-state index contributed by atoms with van der Waals surface area (Å²) in [6.07, 6.45) is 0. The summed E-state index contributed by atoms with van der Waals surface area (Å²) in [5.74, 6) is -0.0300. The van der Waals surface area contributed by atoms with Crippen LogP contribution < -0.4 is 0 Å². The number of pyridine rings is 1. The minimum Gasteiger partial charge on any atom is -0.337 e. The van der Waals surface area contributed by atoms with Crippen molar-refractivity contribution >= 4 is 44.3 Å². The van der Waals surface area contributed by atoms with Gasteiger partial charge in [-0.25, -0.2) is 4.98 Å². The fourth-order valence-corrected chi connectivity index (χ4v) is 2.97. The number of amides is 1. The van der Waals surface area contributed by atoms with Crippen LogP contribution in [0, 0.1) is 0 Å². The average Bonchev–Trinajstić information content (AvgIpc) is 2.55. The van der Waals surface area contributed by atoms with Crippen LogP contribution in [-0.2, 0) is 6.54 Å². The van der Waals surface area contributed by atoms with E-state index < -0.39 is 0 Å². The molecular formula is C18H14BrClN2O. The molecule has 0 aliphatic carbocycles. The Balaban J connectivity index is 1.84. The molecule has 2 aromatic carbocycles. The summed E-state index contributed by atoms with van der Waals surface area (Å²) >= 11 is 9.40. The zero-order valence-corrected chi connectivity index (χ0v) is 14.8. The van der Waals surface area contributed by atoms with Gasteiger partial charge in [-0.05, 0) is 42.0 Å². The van der Waals surface area contributed by atoms with Crippen LogP contribution in [0.1, 0.15) is 15.9 Å². The number of rotatable bonds is 3. The van der Waals surface area contributed by atoms with Crippen molar-refractivity contribution in [3.05, 3.63) is 75.4 Å². The summed E-state index contributed by atoms with van der Waals surface area (Å²) in [5.41, 5.74) is 2.48. The molecule has 1 heterocycles. The molecule has 0 unspecified atom stereocenters. The molecule has 0 N–H and O–H groups in total.